The van der Waals surface area contributed by atoms with Crippen molar-refractivity contribution in [1.29, 1.82) is 0 Å². The Labute approximate surface area is 184 Å². The second-order valence-electron chi connectivity index (χ2n) is 7.38. The second kappa shape index (κ2) is 7.93. The van der Waals surface area contributed by atoms with Crippen molar-refractivity contribution in [2.45, 2.75) is 11.8 Å². The lowest BCUT2D eigenvalue weighted by atomic mass is 10.1. The van der Waals surface area contributed by atoms with Gasteiger partial charge in [-0.2, -0.15) is 0 Å². The fourth-order valence-corrected chi connectivity index (χ4v) is 4.35. The van der Waals surface area contributed by atoms with E-state index < -0.39 is 27.7 Å². The molecule has 162 valence electrons. The van der Waals surface area contributed by atoms with Gasteiger partial charge < -0.3 is 5.32 Å². The Kier molecular flexibility index (Phi) is 5.27. The standard InChI is InChI=1S/C23H19N3O5S/c1-14-6-9-18(10-7-14)32(30,31)25-17-5-3-4-15(12-17)21(27)24-16-8-11-19-20(13-16)23(29)26(2)22(19)28/h3-13,25H,1-2H3,(H,24,27). The highest BCUT2D eigenvalue weighted by Crippen LogP contribution is 2.25. The number of amides is 3. The highest BCUT2D eigenvalue weighted by Gasteiger charge is 2.32. The summed E-state index contributed by atoms with van der Waals surface area (Å²) < 4.78 is 27.7. The molecule has 3 amide bonds. The zero-order valence-corrected chi connectivity index (χ0v) is 18.1. The summed E-state index contributed by atoms with van der Waals surface area (Å²) in [6, 6.07) is 16.9. The van der Waals surface area contributed by atoms with Crippen molar-refractivity contribution >= 4 is 39.1 Å². The van der Waals surface area contributed by atoms with E-state index in [4.69, 9.17) is 0 Å². The smallest absolute Gasteiger partial charge is 0.261 e. The number of carbonyl (C=O) groups excluding carboxylic acids is 3. The largest absolute Gasteiger partial charge is 0.322 e. The van der Waals surface area contributed by atoms with Crippen LogP contribution in [0.25, 0.3) is 0 Å². The molecule has 32 heavy (non-hydrogen) atoms. The van der Waals surface area contributed by atoms with Crippen molar-refractivity contribution in [2.75, 3.05) is 17.1 Å². The summed E-state index contributed by atoms with van der Waals surface area (Å²) in [6.07, 6.45) is 0. The number of nitrogens with one attached hydrogen (secondary N) is 2. The highest BCUT2D eigenvalue weighted by molar-refractivity contribution is 7.92. The number of aryl methyl sites for hydroxylation is 1. The van der Waals surface area contributed by atoms with Crippen LogP contribution < -0.4 is 10.0 Å². The third kappa shape index (κ3) is 3.97. The molecule has 0 fully saturated rings. The van der Waals surface area contributed by atoms with Crippen LogP contribution in [0.1, 0.15) is 36.6 Å². The Morgan fingerprint density at radius 1 is 0.844 bits per heavy atom. The number of anilines is 2. The normalized spacial score (nSPS) is 13.1. The van der Waals surface area contributed by atoms with Gasteiger partial charge in [0.15, 0.2) is 0 Å². The minimum atomic E-state index is -3.81. The van der Waals surface area contributed by atoms with Crippen LogP contribution >= 0.6 is 0 Å². The van der Waals surface area contributed by atoms with Crippen LogP contribution in [0.5, 0.6) is 0 Å². The zero-order valence-electron chi connectivity index (χ0n) is 17.2. The Morgan fingerprint density at radius 3 is 2.25 bits per heavy atom. The molecule has 0 aromatic heterocycles. The maximum absolute atomic E-state index is 12.7. The molecule has 0 unspecified atom stereocenters. The van der Waals surface area contributed by atoms with Crippen molar-refractivity contribution < 1.29 is 22.8 Å². The van der Waals surface area contributed by atoms with E-state index in [1.165, 1.54) is 55.6 Å². The average molecular weight is 449 g/mol. The van der Waals surface area contributed by atoms with Gasteiger partial charge in [-0.1, -0.05) is 23.8 Å². The van der Waals surface area contributed by atoms with E-state index in [9.17, 15) is 22.8 Å². The van der Waals surface area contributed by atoms with Gasteiger partial charge >= 0.3 is 0 Å². The van der Waals surface area contributed by atoms with Crippen LogP contribution in [-0.4, -0.2) is 38.1 Å². The summed E-state index contributed by atoms with van der Waals surface area (Å²) in [6.45, 7) is 1.86. The summed E-state index contributed by atoms with van der Waals surface area (Å²) in [5.74, 6) is -1.32. The Hall–Kier alpha value is -3.98. The van der Waals surface area contributed by atoms with E-state index in [0.717, 1.165) is 10.5 Å². The summed E-state index contributed by atoms with van der Waals surface area (Å²) in [5, 5.41) is 2.67. The fourth-order valence-electron chi connectivity index (χ4n) is 3.30. The SMILES string of the molecule is Cc1ccc(S(=O)(=O)Nc2cccc(C(=O)Nc3ccc4c(c3)C(=O)N(C)C4=O)c2)cc1. The van der Waals surface area contributed by atoms with Crippen LogP contribution in [0.3, 0.4) is 0 Å². The van der Waals surface area contributed by atoms with E-state index in [-0.39, 0.29) is 27.3 Å². The van der Waals surface area contributed by atoms with Gasteiger partial charge in [0, 0.05) is 24.0 Å². The molecule has 0 aliphatic carbocycles. The van der Waals surface area contributed by atoms with Crippen molar-refractivity contribution in [3.63, 3.8) is 0 Å². The van der Waals surface area contributed by atoms with E-state index in [1.807, 2.05) is 6.92 Å². The third-order valence-electron chi connectivity index (χ3n) is 5.06. The molecule has 1 aliphatic rings. The van der Waals surface area contributed by atoms with Gasteiger partial charge in [-0.3, -0.25) is 24.0 Å². The predicted molar refractivity (Wildman–Crippen MR) is 119 cm³/mol. The first kappa shape index (κ1) is 21.3. The molecular weight excluding hydrogens is 430 g/mol. The van der Waals surface area contributed by atoms with Gasteiger partial charge in [-0.25, -0.2) is 8.42 Å². The maximum Gasteiger partial charge on any atom is 0.261 e. The topological polar surface area (TPSA) is 113 Å². The van der Waals surface area contributed by atoms with Gasteiger partial charge in [0.05, 0.1) is 16.0 Å². The van der Waals surface area contributed by atoms with Crippen molar-refractivity contribution in [3.8, 4) is 0 Å². The first-order chi connectivity index (χ1) is 15.2. The van der Waals surface area contributed by atoms with E-state index >= 15 is 0 Å². The van der Waals surface area contributed by atoms with Crippen LogP contribution in [0, 0.1) is 6.92 Å². The van der Waals surface area contributed by atoms with Gasteiger partial charge in [-0.05, 0) is 55.5 Å². The maximum atomic E-state index is 12.7. The van der Waals surface area contributed by atoms with Gasteiger partial charge in [0.25, 0.3) is 27.7 Å². The van der Waals surface area contributed by atoms with Crippen molar-refractivity contribution in [1.82, 2.24) is 4.90 Å². The van der Waals surface area contributed by atoms with Gasteiger partial charge in [-0.15, -0.1) is 0 Å². The van der Waals surface area contributed by atoms with Crippen molar-refractivity contribution in [3.05, 3.63) is 89.0 Å². The van der Waals surface area contributed by atoms with E-state index in [1.54, 1.807) is 18.2 Å². The summed E-state index contributed by atoms with van der Waals surface area (Å²) in [4.78, 5) is 38.0. The van der Waals surface area contributed by atoms with E-state index in [2.05, 4.69) is 10.0 Å². The summed E-state index contributed by atoms with van der Waals surface area (Å²) >= 11 is 0. The molecular formula is C23H19N3O5S. The van der Waals surface area contributed by atoms with Gasteiger partial charge in [0.2, 0.25) is 0 Å². The number of fused-ring (bicyclic) bond motifs is 1. The minimum Gasteiger partial charge on any atom is -0.322 e. The molecule has 3 aromatic carbocycles. The van der Waals surface area contributed by atoms with Crippen LogP contribution in [0.4, 0.5) is 11.4 Å². The molecule has 2 N–H and O–H groups in total. The minimum absolute atomic E-state index is 0.111. The molecule has 0 atom stereocenters. The summed E-state index contributed by atoms with van der Waals surface area (Å²) in [5.41, 5.74) is 2.23. The number of benzene rings is 3. The molecule has 8 nitrogen and oxygen atoms in total. The lowest BCUT2D eigenvalue weighted by Crippen LogP contribution is -2.24. The molecule has 0 radical (unpaired) electrons. The molecule has 0 saturated carbocycles. The average Bonchev–Trinajstić information content (AvgIpc) is 2.97. The Morgan fingerprint density at radius 2 is 1.53 bits per heavy atom. The van der Waals surface area contributed by atoms with Crippen LogP contribution in [0.15, 0.2) is 71.6 Å². The fraction of sp³-hybridized carbons (Fsp3) is 0.0870. The second-order valence-corrected chi connectivity index (χ2v) is 9.07. The monoisotopic (exact) mass is 449 g/mol. The number of carbonyl (C=O) groups is 3. The number of imide groups is 1. The molecule has 3 aromatic rings. The number of nitrogens with zero attached hydrogens (tertiary/aromatic N) is 1. The molecule has 9 heteroatoms. The van der Waals surface area contributed by atoms with Crippen LogP contribution in [0.2, 0.25) is 0 Å². The lowest BCUT2D eigenvalue weighted by molar-refractivity contribution is 0.0692. The molecule has 0 saturated heterocycles. The number of rotatable bonds is 5. The Balaban J connectivity index is 1.53. The number of hydrogen-bond donors (Lipinski definition) is 2. The summed E-state index contributed by atoms with van der Waals surface area (Å²) in [7, 11) is -2.42. The number of sulfonamides is 1. The van der Waals surface area contributed by atoms with Crippen LogP contribution in [-0.2, 0) is 10.0 Å². The molecule has 0 spiro atoms. The lowest BCUT2D eigenvalue weighted by Gasteiger charge is -2.10. The molecule has 0 bridgehead atoms. The zero-order chi connectivity index (χ0) is 23.0. The van der Waals surface area contributed by atoms with Crippen molar-refractivity contribution in [2.24, 2.45) is 0 Å². The quantitative estimate of drug-likeness (QED) is 0.581. The van der Waals surface area contributed by atoms with Gasteiger partial charge in [0.1, 0.15) is 0 Å². The first-order valence-corrected chi connectivity index (χ1v) is 11.1. The predicted octanol–water partition coefficient (Wildman–Crippen LogP) is 3.27. The first-order valence-electron chi connectivity index (χ1n) is 9.63. The Bertz CT molecular complexity index is 1360. The molecule has 1 heterocycles. The highest BCUT2D eigenvalue weighted by atomic mass is 32.2. The van der Waals surface area contributed by atoms with E-state index in [0.29, 0.717) is 5.69 Å². The molecule has 1 aliphatic heterocycles. The third-order valence-corrected chi connectivity index (χ3v) is 6.45. The number of hydrogen-bond acceptors (Lipinski definition) is 5. The molecule has 4 rings (SSSR count).